The minimum absolute atomic E-state index is 0.0714. The third-order valence-electron chi connectivity index (χ3n) is 6.08. The van der Waals surface area contributed by atoms with Crippen LogP contribution >= 0.6 is 11.8 Å². The molecule has 2 unspecified atom stereocenters. The lowest BCUT2D eigenvalue weighted by Gasteiger charge is -2.35. The number of thioether (sulfide) groups is 1. The van der Waals surface area contributed by atoms with Gasteiger partial charge >= 0.3 is 6.09 Å². The monoisotopic (exact) mass is 525 g/mol. The van der Waals surface area contributed by atoms with Gasteiger partial charge in [0.15, 0.2) is 0 Å². The summed E-state index contributed by atoms with van der Waals surface area (Å²) in [6.45, 7) is 9.25. The molecule has 8 heteroatoms. The van der Waals surface area contributed by atoms with Crippen molar-refractivity contribution in [2.45, 2.75) is 77.6 Å². The van der Waals surface area contributed by atoms with Gasteiger partial charge in [0.1, 0.15) is 17.7 Å². The molecule has 2 aromatic carbocycles. The molecule has 0 spiro atoms. The minimum atomic E-state index is -0.836. The first-order chi connectivity index (χ1) is 17.5. The van der Waals surface area contributed by atoms with Gasteiger partial charge in [-0.15, -0.1) is 0 Å². The van der Waals surface area contributed by atoms with E-state index in [1.54, 1.807) is 37.4 Å². The van der Waals surface area contributed by atoms with Crippen molar-refractivity contribution in [3.8, 4) is 0 Å². The van der Waals surface area contributed by atoms with Gasteiger partial charge in [-0.3, -0.25) is 9.59 Å². The van der Waals surface area contributed by atoms with Crippen molar-refractivity contribution >= 4 is 35.4 Å². The highest BCUT2D eigenvalue weighted by Crippen LogP contribution is 2.36. The number of anilines is 1. The van der Waals surface area contributed by atoms with Crippen LogP contribution in [0.15, 0.2) is 48.5 Å². The molecule has 0 aliphatic heterocycles. The average Bonchev–Trinajstić information content (AvgIpc) is 3.65. The molecule has 1 saturated carbocycles. The summed E-state index contributed by atoms with van der Waals surface area (Å²) >= 11 is 1.60. The van der Waals surface area contributed by atoms with Gasteiger partial charge in [-0.05, 0) is 83.1 Å². The highest BCUT2D eigenvalue weighted by Gasteiger charge is 2.44. The molecular weight excluding hydrogens is 486 g/mol. The number of alkyl carbamates (subject to hydrolysis) is 1. The Balaban J connectivity index is 1.98. The predicted octanol–water partition coefficient (Wildman–Crippen LogP) is 5.62. The van der Waals surface area contributed by atoms with E-state index in [0.717, 1.165) is 29.5 Å². The van der Waals surface area contributed by atoms with E-state index in [1.807, 2.05) is 68.6 Å². The molecule has 0 heterocycles. The molecule has 1 aliphatic rings. The maximum Gasteiger partial charge on any atom is 0.408 e. The van der Waals surface area contributed by atoms with Gasteiger partial charge in [0.2, 0.25) is 5.91 Å². The van der Waals surface area contributed by atoms with Crippen molar-refractivity contribution in [3.63, 3.8) is 0 Å². The van der Waals surface area contributed by atoms with Crippen molar-refractivity contribution in [3.05, 3.63) is 65.2 Å². The van der Waals surface area contributed by atoms with Gasteiger partial charge in [0, 0.05) is 11.7 Å². The van der Waals surface area contributed by atoms with E-state index in [-0.39, 0.29) is 17.9 Å². The normalized spacial score (nSPS) is 14.9. The Morgan fingerprint density at radius 2 is 1.78 bits per heavy atom. The summed E-state index contributed by atoms with van der Waals surface area (Å²) in [5.74, 6) is 0.129. The summed E-state index contributed by atoms with van der Waals surface area (Å²) in [7, 11) is 0. The number of carbonyl (C=O) groups excluding carboxylic acids is 3. The summed E-state index contributed by atoms with van der Waals surface area (Å²) in [4.78, 5) is 42.3. The summed E-state index contributed by atoms with van der Waals surface area (Å²) < 4.78 is 5.45. The zero-order valence-corrected chi connectivity index (χ0v) is 23.5. The molecule has 7 nitrogen and oxygen atoms in total. The predicted molar refractivity (Wildman–Crippen MR) is 150 cm³/mol. The molecule has 0 bridgehead atoms. The maximum atomic E-state index is 14.1. The van der Waals surface area contributed by atoms with Crippen LogP contribution in [-0.2, 0) is 14.3 Å². The molecule has 2 atom stereocenters. The SMILES string of the molecule is CSCCC(NC(=O)OC(C)(C)C)C(=O)N(C1CC1)C(C(=O)Nc1ccccc1C)c1cccc(C)c1. The molecule has 1 aliphatic carbocycles. The van der Waals surface area contributed by atoms with Crippen LogP contribution < -0.4 is 10.6 Å². The maximum absolute atomic E-state index is 14.1. The molecular formula is C29H39N3O4S. The third-order valence-corrected chi connectivity index (χ3v) is 6.73. The van der Waals surface area contributed by atoms with Gasteiger partial charge in [-0.25, -0.2) is 4.79 Å². The van der Waals surface area contributed by atoms with Crippen LogP contribution in [0.2, 0.25) is 0 Å². The second-order valence-electron chi connectivity index (χ2n) is 10.6. The van der Waals surface area contributed by atoms with Crippen LogP contribution in [0.4, 0.5) is 10.5 Å². The van der Waals surface area contributed by atoms with Gasteiger partial charge in [0.05, 0.1) is 0 Å². The van der Waals surface area contributed by atoms with Crippen molar-refractivity contribution in [2.24, 2.45) is 0 Å². The number of para-hydroxylation sites is 1. The average molecular weight is 526 g/mol. The second kappa shape index (κ2) is 12.5. The van der Waals surface area contributed by atoms with E-state index >= 15 is 0 Å². The van der Waals surface area contributed by atoms with E-state index < -0.39 is 23.8 Å². The zero-order chi connectivity index (χ0) is 27.2. The van der Waals surface area contributed by atoms with Crippen LogP contribution in [-0.4, -0.2) is 52.5 Å². The van der Waals surface area contributed by atoms with Crippen LogP contribution in [0.3, 0.4) is 0 Å². The van der Waals surface area contributed by atoms with Gasteiger partial charge in [-0.1, -0.05) is 48.0 Å². The molecule has 3 rings (SSSR count). The van der Waals surface area contributed by atoms with Gasteiger partial charge in [0.25, 0.3) is 5.91 Å². The number of nitrogens with one attached hydrogen (secondary N) is 2. The standard InChI is InChI=1S/C29H39N3O4S/c1-19-10-9-12-21(18-19)25(26(33)30-23-13-8-7-11-20(23)2)32(22-14-15-22)27(34)24(16-17-37-6)31-28(35)36-29(3,4)5/h7-13,18,22,24-25H,14-17H2,1-6H3,(H,30,33)(H,31,35). The van der Waals surface area contributed by atoms with Crippen molar-refractivity contribution in [2.75, 3.05) is 17.3 Å². The fourth-order valence-electron chi connectivity index (χ4n) is 4.19. The first kappa shape index (κ1) is 28.6. The Bertz CT molecular complexity index is 1110. The Morgan fingerprint density at radius 3 is 2.38 bits per heavy atom. The molecule has 0 saturated heterocycles. The number of benzene rings is 2. The Labute approximate surface area is 224 Å². The van der Waals surface area contributed by atoms with Crippen molar-refractivity contribution < 1.29 is 19.1 Å². The number of carbonyl (C=O) groups is 3. The van der Waals surface area contributed by atoms with E-state index in [4.69, 9.17) is 4.74 Å². The second-order valence-corrected chi connectivity index (χ2v) is 11.6. The topological polar surface area (TPSA) is 87.7 Å². The fourth-order valence-corrected chi connectivity index (χ4v) is 4.66. The lowest BCUT2D eigenvalue weighted by atomic mass is 10.00. The third kappa shape index (κ3) is 8.25. The van der Waals surface area contributed by atoms with Crippen LogP contribution in [0.5, 0.6) is 0 Å². The Hall–Kier alpha value is -3.00. The lowest BCUT2D eigenvalue weighted by Crippen LogP contribution is -2.53. The number of nitrogens with zero attached hydrogens (tertiary/aromatic N) is 1. The first-order valence-electron chi connectivity index (χ1n) is 12.7. The number of amides is 3. The zero-order valence-electron chi connectivity index (χ0n) is 22.7. The molecule has 0 aromatic heterocycles. The fraction of sp³-hybridized carbons (Fsp3) is 0.483. The molecule has 0 radical (unpaired) electrons. The van der Waals surface area contributed by atoms with Gasteiger partial charge in [-0.2, -0.15) is 11.8 Å². The van der Waals surface area contributed by atoms with Crippen molar-refractivity contribution in [1.29, 1.82) is 0 Å². The Morgan fingerprint density at radius 1 is 1.08 bits per heavy atom. The van der Waals surface area contributed by atoms with E-state index in [9.17, 15) is 14.4 Å². The highest BCUT2D eigenvalue weighted by atomic mass is 32.2. The summed E-state index contributed by atoms with van der Waals surface area (Å²) in [6, 6.07) is 13.6. The largest absolute Gasteiger partial charge is 0.444 e. The highest BCUT2D eigenvalue weighted by molar-refractivity contribution is 7.98. The minimum Gasteiger partial charge on any atom is -0.444 e. The number of hydrogen-bond acceptors (Lipinski definition) is 5. The van der Waals surface area contributed by atoms with E-state index in [1.165, 1.54) is 0 Å². The van der Waals surface area contributed by atoms with Crippen LogP contribution in [0.1, 0.15) is 62.8 Å². The molecule has 2 aromatic rings. The number of hydrogen-bond donors (Lipinski definition) is 2. The quantitative estimate of drug-likeness (QED) is 0.420. The molecule has 2 N–H and O–H groups in total. The van der Waals surface area contributed by atoms with E-state index in [0.29, 0.717) is 17.9 Å². The smallest absolute Gasteiger partial charge is 0.408 e. The molecule has 37 heavy (non-hydrogen) atoms. The number of ether oxygens (including phenoxy) is 1. The van der Waals surface area contributed by atoms with Gasteiger partial charge < -0.3 is 20.3 Å². The summed E-state index contributed by atoms with van der Waals surface area (Å²) in [5.41, 5.74) is 2.70. The lowest BCUT2D eigenvalue weighted by molar-refractivity contribution is -0.141. The number of aryl methyl sites for hydroxylation is 2. The van der Waals surface area contributed by atoms with E-state index in [2.05, 4.69) is 10.6 Å². The summed E-state index contributed by atoms with van der Waals surface area (Å²) in [5, 5.41) is 5.84. The number of rotatable bonds is 10. The molecule has 1 fully saturated rings. The Kier molecular flexibility index (Phi) is 9.65. The first-order valence-corrected chi connectivity index (χ1v) is 14.1. The van der Waals surface area contributed by atoms with Crippen LogP contribution in [0, 0.1) is 13.8 Å². The molecule has 200 valence electrons. The summed E-state index contributed by atoms with van der Waals surface area (Å²) in [6.07, 6.45) is 3.38. The van der Waals surface area contributed by atoms with Crippen LogP contribution in [0.25, 0.3) is 0 Å². The van der Waals surface area contributed by atoms with Crippen molar-refractivity contribution in [1.82, 2.24) is 10.2 Å². The molecule has 3 amide bonds.